The smallest absolute Gasteiger partial charge is 0.250 e. The van der Waals surface area contributed by atoms with Crippen molar-refractivity contribution in [1.82, 2.24) is 15.5 Å². The first kappa shape index (κ1) is 18.3. The molecule has 3 atom stereocenters. The van der Waals surface area contributed by atoms with E-state index in [4.69, 9.17) is 9.47 Å². The standard InChI is InChI=1S/C19H29N3O3/c1-14-11-22(12-15(2)25-14)13-17-6-4-3-5-16(17)9-21-19(23)18-10-20-7-8-24-18/h3-6,14-15,18,20H,7-13H2,1-2H3,(H,21,23). The average Bonchev–Trinajstić information content (AvgIpc) is 2.60. The summed E-state index contributed by atoms with van der Waals surface area (Å²) in [4.78, 5) is 14.7. The summed E-state index contributed by atoms with van der Waals surface area (Å²) in [5.74, 6) is -0.0457. The quantitative estimate of drug-likeness (QED) is 0.829. The van der Waals surface area contributed by atoms with Gasteiger partial charge in [-0.1, -0.05) is 24.3 Å². The molecule has 0 aliphatic carbocycles. The van der Waals surface area contributed by atoms with Gasteiger partial charge in [0.15, 0.2) is 0 Å². The molecular formula is C19H29N3O3. The number of benzene rings is 1. The summed E-state index contributed by atoms with van der Waals surface area (Å²) in [6.07, 6.45) is 0.125. The number of carbonyl (C=O) groups excluding carboxylic acids is 1. The monoisotopic (exact) mass is 347 g/mol. The molecule has 2 N–H and O–H groups in total. The van der Waals surface area contributed by atoms with Crippen molar-refractivity contribution in [1.29, 1.82) is 0 Å². The summed E-state index contributed by atoms with van der Waals surface area (Å²) in [6, 6.07) is 8.31. The van der Waals surface area contributed by atoms with E-state index in [-0.39, 0.29) is 24.2 Å². The Kier molecular flexibility index (Phi) is 6.42. The second-order valence-corrected chi connectivity index (χ2v) is 7.00. The first-order valence-electron chi connectivity index (χ1n) is 9.16. The maximum atomic E-state index is 12.3. The second kappa shape index (κ2) is 8.76. The Balaban J connectivity index is 1.57. The van der Waals surface area contributed by atoms with Crippen molar-refractivity contribution in [2.24, 2.45) is 0 Å². The Hall–Kier alpha value is -1.47. The molecule has 2 aliphatic rings. The third-order valence-corrected chi connectivity index (χ3v) is 4.68. The molecule has 1 amide bonds. The van der Waals surface area contributed by atoms with Crippen LogP contribution in [0, 0.1) is 0 Å². The molecule has 3 rings (SSSR count). The minimum atomic E-state index is -0.387. The molecule has 6 heteroatoms. The van der Waals surface area contributed by atoms with Crippen LogP contribution in [0.2, 0.25) is 0 Å². The minimum absolute atomic E-state index is 0.0457. The Morgan fingerprint density at radius 1 is 1.24 bits per heavy atom. The van der Waals surface area contributed by atoms with E-state index < -0.39 is 0 Å². The first-order valence-corrected chi connectivity index (χ1v) is 9.16. The molecule has 2 fully saturated rings. The van der Waals surface area contributed by atoms with E-state index in [0.717, 1.165) is 31.7 Å². The van der Waals surface area contributed by atoms with Crippen molar-refractivity contribution < 1.29 is 14.3 Å². The summed E-state index contributed by atoms with van der Waals surface area (Å²) in [7, 11) is 0. The molecule has 0 aromatic heterocycles. The van der Waals surface area contributed by atoms with Gasteiger partial charge in [0, 0.05) is 39.3 Å². The van der Waals surface area contributed by atoms with Gasteiger partial charge in [0.25, 0.3) is 5.91 Å². The molecule has 2 heterocycles. The van der Waals surface area contributed by atoms with Crippen LogP contribution in [0.4, 0.5) is 0 Å². The van der Waals surface area contributed by atoms with Gasteiger partial charge in [-0.2, -0.15) is 0 Å². The van der Waals surface area contributed by atoms with E-state index in [1.165, 1.54) is 5.56 Å². The third-order valence-electron chi connectivity index (χ3n) is 4.68. The fourth-order valence-corrected chi connectivity index (χ4v) is 3.57. The highest BCUT2D eigenvalue weighted by atomic mass is 16.5. The first-order chi connectivity index (χ1) is 12.1. The normalized spacial score (nSPS) is 27.8. The summed E-state index contributed by atoms with van der Waals surface area (Å²) in [5.41, 5.74) is 2.42. The van der Waals surface area contributed by atoms with E-state index in [2.05, 4.69) is 47.6 Å². The fourth-order valence-electron chi connectivity index (χ4n) is 3.57. The zero-order valence-electron chi connectivity index (χ0n) is 15.2. The molecule has 1 aromatic carbocycles. The summed E-state index contributed by atoms with van der Waals surface area (Å²) >= 11 is 0. The SMILES string of the molecule is CC1CN(Cc2ccccc2CNC(=O)C2CNCCO2)CC(C)O1. The number of morpholine rings is 2. The molecule has 2 saturated heterocycles. The number of carbonyl (C=O) groups is 1. The van der Waals surface area contributed by atoms with Gasteiger partial charge in [-0.25, -0.2) is 0 Å². The lowest BCUT2D eigenvalue weighted by Gasteiger charge is -2.35. The zero-order chi connectivity index (χ0) is 17.6. The Bertz CT molecular complexity index is 565. The maximum absolute atomic E-state index is 12.3. The number of hydrogen-bond donors (Lipinski definition) is 2. The average molecular weight is 347 g/mol. The van der Waals surface area contributed by atoms with Crippen LogP contribution in [-0.2, 0) is 27.4 Å². The van der Waals surface area contributed by atoms with Crippen molar-refractivity contribution >= 4 is 5.91 Å². The van der Waals surface area contributed by atoms with Crippen molar-refractivity contribution in [3.63, 3.8) is 0 Å². The molecule has 2 aliphatic heterocycles. The van der Waals surface area contributed by atoms with Crippen LogP contribution in [0.3, 0.4) is 0 Å². The fraction of sp³-hybridized carbons (Fsp3) is 0.632. The summed E-state index contributed by atoms with van der Waals surface area (Å²) in [6.45, 7) is 9.50. The van der Waals surface area contributed by atoms with E-state index in [1.54, 1.807) is 0 Å². The molecule has 3 unspecified atom stereocenters. The molecule has 0 bridgehead atoms. The van der Waals surface area contributed by atoms with E-state index in [9.17, 15) is 4.79 Å². The number of ether oxygens (including phenoxy) is 2. The molecule has 1 aromatic rings. The van der Waals surface area contributed by atoms with Gasteiger partial charge in [-0.3, -0.25) is 9.69 Å². The van der Waals surface area contributed by atoms with Crippen LogP contribution in [0.25, 0.3) is 0 Å². The third kappa shape index (κ3) is 5.25. The molecule has 0 spiro atoms. The van der Waals surface area contributed by atoms with Crippen LogP contribution < -0.4 is 10.6 Å². The lowest BCUT2D eigenvalue weighted by atomic mass is 10.1. The highest BCUT2D eigenvalue weighted by Crippen LogP contribution is 2.17. The van der Waals surface area contributed by atoms with Crippen LogP contribution in [-0.4, -0.2) is 61.9 Å². The lowest BCUT2D eigenvalue weighted by molar-refractivity contribution is -0.134. The zero-order valence-corrected chi connectivity index (χ0v) is 15.2. The predicted molar refractivity (Wildman–Crippen MR) is 96.2 cm³/mol. The molecule has 0 saturated carbocycles. The molecule has 6 nitrogen and oxygen atoms in total. The minimum Gasteiger partial charge on any atom is -0.373 e. The Morgan fingerprint density at radius 2 is 1.96 bits per heavy atom. The lowest BCUT2D eigenvalue weighted by Crippen LogP contribution is -2.47. The topological polar surface area (TPSA) is 62.8 Å². The predicted octanol–water partition coefficient (Wildman–Crippen LogP) is 0.900. The van der Waals surface area contributed by atoms with Gasteiger partial charge >= 0.3 is 0 Å². The largest absolute Gasteiger partial charge is 0.373 e. The molecule has 25 heavy (non-hydrogen) atoms. The van der Waals surface area contributed by atoms with E-state index in [0.29, 0.717) is 19.7 Å². The van der Waals surface area contributed by atoms with Crippen molar-refractivity contribution in [3.05, 3.63) is 35.4 Å². The van der Waals surface area contributed by atoms with Crippen molar-refractivity contribution in [3.8, 4) is 0 Å². The Labute approximate surface area is 149 Å². The Morgan fingerprint density at radius 3 is 2.64 bits per heavy atom. The molecule has 0 radical (unpaired) electrons. The van der Waals surface area contributed by atoms with Crippen LogP contribution >= 0.6 is 0 Å². The van der Waals surface area contributed by atoms with Crippen molar-refractivity contribution in [2.45, 2.75) is 45.2 Å². The summed E-state index contributed by atoms with van der Waals surface area (Å²) in [5, 5.41) is 6.20. The number of nitrogens with zero attached hydrogens (tertiary/aromatic N) is 1. The molecule has 138 valence electrons. The highest BCUT2D eigenvalue weighted by Gasteiger charge is 2.24. The maximum Gasteiger partial charge on any atom is 0.250 e. The van der Waals surface area contributed by atoms with Crippen LogP contribution in [0.15, 0.2) is 24.3 Å². The van der Waals surface area contributed by atoms with E-state index >= 15 is 0 Å². The van der Waals surface area contributed by atoms with Crippen LogP contribution in [0.5, 0.6) is 0 Å². The number of hydrogen-bond acceptors (Lipinski definition) is 5. The van der Waals surface area contributed by atoms with Gasteiger partial charge in [0.05, 0.1) is 18.8 Å². The number of nitrogens with one attached hydrogen (secondary N) is 2. The van der Waals surface area contributed by atoms with Crippen LogP contribution in [0.1, 0.15) is 25.0 Å². The van der Waals surface area contributed by atoms with Gasteiger partial charge < -0.3 is 20.1 Å². The van der Waals surface area contributed by atoms with Gasteiger partial charge in [-0.05, 0) is 25.0 Å². The summed E-state index contributed by atoms with van der Waals surface area (Å²) < 4.78 is 11.3. The second-order valence-electron chi connectivity index (χ2n) is 7.00. The van der Waals surface area contributed by atoms with Gasteiger partial charge in [0.1, 0.15) is 6.10 Å². The van der Waals surface area contributed by atoms with E-state index in [1.807, 2.05) is 6.07 Å². The van der Waals surface area contributed by atoms with Crippen molar-refractivity contribution in [2.75, 3.05) is 32.8 Å². The van der Waals surface area contributed by atoms with Gasteiger partial charge in [0.2, 0.25) is 0 Å². The highest BCUT2D eigenvalue weighted by molar-refractivity contribution is 5.81. The van der Waals surface area contributed by atoms with Gasteiger partial charge in [-0.15, -0.1) is 0 Å². The molecular weight excluding hydrogens is 318 g/mol. The number of amides is 1. The number of rotatable bonds is 5.